The summed E-state index contributed by atoms with van der Waals surface area (Å²) in [5.41, 5.74) is 2.31. The first-order valence-electron chi connectivity index (χ1n) is 7.82. The molecule has 1 aliphatic carbocycles. The second-order valence-electron chi connectivity index (χ2n) is 6.57. The molecule has 3 rings (SSSR count). The third-order valence-corrected chi connectivity index (χ3v) is 5.27. The Kier molecular flexibility index (Phi) is 3.72. The van der Waals surface area contributed by atoms with E-state index in [1.807, 2.05) is 6.07 Å². The third kappa shape index (κ3) is 2.56. The molecular weight excluding hydrogens is 253 g/mol. The molecule has 3 heteroatoms. The Balaban J connectivity index is 1.77. The summed E-state index contributed by atoms with van der Waals surface area (Å²) in [5.74, 6) is -0.270. The Hall–Kier alpha value is -1.09. The largest absolute Gasteiger partial charge is 0.389 e. The van der Waals surface area contributed by atoms with Crippen LogP contribution in [0.5, 0.6) is 0 Å². The minimum absolute atomic E-state index is 0.270. The maximum absolute atomic E-state index is 13.4. The van der Waals surface area contributed by atoms with Crippen molar-refractivity contribution in [3.63, 3.8) is 0 Å². The SMILES string of the molecule is CC(O)c1cc(F)ccc1N1CCC2(CCCC2)CC1. The molecule has 1 saturated carbocycles. The smallest absolute Gasteiger partial charge is 0.123 e. The van der Waals surface area contributed by atoms with Gasteiger partial charge in [-0.05, 0) is 56.2 Å². The van der Waals surface area contributed by atoms with Gasteiger partial charge in [-0.15, -0.1) is 0 Å². The second-order valence-corrected chi connectivity index (χ2v) is 6.57. The van der Waals surface area contributed by atoms with Gasteiger partial charge in [-0.1, -0.05) is 12.8 Å². The summed E-state index contributed by atoms with van der Waals surface area (Å²) in [5, 5.41) is 9.87. The number of piperidine rings is 1. The number of aliphatic hydroxyl groups excluding tert-OH is 1. The van der Waals surface area contributed by atoms with E-state index in [4.69, 9.17) is 0 Å². The van der Waals surface area contributed by atoms with Gasteiger partial charge in [0.25, 0.3) is 0 Å². The molecular formula is C17H24FNO. The van der Waals surface area contributed by atoms with Crippen LogP contribution >= 0.6 is 0 Å². The first kappa shape index (κ1) is 13.9. The number of nitrogens with zero attached hydrogens (tertiary/aromatic N) is 1. The van der Waals surface area contributed by atoms with Crippen molar-refractivity contribution >= 4 is 5.69 Å². The van der Waals surface area contributed by atoms with Crippen molar-refractivity contribution in [1.82, 2.24) is 0 Å². The van der Waals surface area contributed by atoms with Crippen LogP contribution in [-0.4, -0.2) is 18.2 Å². The molecule has 1 atom stereocenters. The highest BCUT2D eigenvalue weighted by molar-refractivity contribution is 5.55. The topological polar surface area (TPSA) is 23.5 Å². The highest BCUT2D eigenvalue weighted by Crippen LogP contribution is 2.47. The molecule has 1 spiro atoms. The molecule has 1 aromatic rings. The van der Waals surface area contributed by atoms with Crippen molar-refractivity contribution in [3.05, 3.63) is 29.6 Å². The van der Waals surface area contributed by atoms with Gasteiger partial charge in [-0.2, -0.15) is 0 Å². The summed E-state index contributed by atoms with van der Waals surface area (Å²) < 4.78 is 13.4. The van der Waals surface area contributed by atoms with Crippen molar-refractivity contribution in [2.24, 2.45) is 5.41 Å². The Morgan fingerprint density at radius 1 is 1.15 bits per heavy atom. The van der Waals surface area contributed by atoms with Gasteiger partial charge in [0.1, 0.15) is 5.82 Å². The molecule has 2 nitrogen and oxygen atoms in total. The number of hydrogen-bond donors (Lipinski definition) is 1. The Labute approximate surface area is 120 Å². The monoisotopic (exact) mass is 277 g/mol. The minimum atomic E-state index is -0.622. The molecule has 1 N–H and O–H groups in total. The highest BCUT2D eigenvalue weighted by Gasteiger charge is 2.37. The van der Waals surface area contributed by atoms with Crippen LogP contribution < -0.4 is 4.90 Å². The zero-order valence-electron chi connectivity index (χ0n) is 12.2. The van der Waals surface area contributed by atoms with Crippen molar-refractivity contribution in [2.75, 3.05) is 18.0 Å². The van der Waals surface area contributed by atoms with Gasteiger partial charge in [0.2, 0.25) is 0 Å². The van der Waals surface area contributed by atoms with Crippen molar-refractivity contribution < 1.29 is 9.50 Å². The lowest BCUT2D eigenvalue weighted by Crippen LogP contribution is -2.39. The fourth-order valence-corrected chi connectivity index (χ4v) is 3.99. The molecule has 2 aliphatic rings. The van der Waals surface area contributed by atoms with Crippen LogP contribution in [0, 0.1) is 11.2 Å². The molecule has 1 aromatic carbocycles. The fraction of sp³-hybridized carbons (Fsp3) is 0.647. The van der Waals surface area contributed by atoms with Gasteiger partial charge in [0, 0.05) is 24.3 Å². The van der Waals surface area contributed by atoms with E-state index in [0.29, 0.717) is 11.0 Å². The predicted octanol–water partition coefficient (Wildman–Crippen LogP) is 4.04. The van der Waals surface area contributed by atoms with Crippen LogP contribution in [0.2, 0.25) is 0 Å². The molecule has 0 amide bonds. The highest BCUT2D eigenvalue weighted by atomic mass is 19.1. The summed E-state index contributed by atoms with van der Waals surface area (Å²) in [4.78, 5) is 2.32. The van der Waals surface area contributed by atoms with E-state index in [1.54, 1.807) is 6.92 Å². The average Bonchev–Trinajstić information content (AvgIpc) is 2.88. The van der Waals surface area contributed by atoms with Gasteiger partial charge in [-0.3, -0.25) is 0 Å². The maximum atomic E-state index is 13.4. The standard InChI is InChI=1S/C17H24FNO/c1-13(20)15-12-14(18)4-5-16(15)19-10-8-17(9-11-19)6-2-3-7-17/h4-5,12-13,20H,2-3,6-11H2,1H3. The summed E-state index contributed by atoms with van der Waals surface area (Å²) in [7, 11) is 0. The lowest BCUT2D eigenvalue weighted by molar-refractivity contribution is 0.197. The van der Waals surface area contributed by atoms with Crippen molar-refractivity contribution in [2.45, 2.75) is 51.6 Å². The number of aliphatic hydroxyl groups is 1. The van der Waals surface area contributed by atoms with Crippen LogP contribution in [0.1, 0.15) is 57.1 Å². The fourth-order valence-electron chi connectivity index (χ4n) is 3.99. The zero-order valence-corrected chi connectivity index (χ0v) is 12.2. The molecule has 2 fully saturated rings. The van der Waals surface area contributed by atoms with E-state index in [9.17, 15) is 9.50 Å². The minimum Gasteiger partial charge on any atom is -0.389 e. The van der Waals surface area contributed by atoms with E-state index in [2.05, 4.69) is 4.90 Å². The van der Waals surface area contributed by atoms with E-state index >= 15 is 0 Å². The van der Waals surface area contributed by atoms with Crippen molar-refractivity contribution in [1.29, 1.82) is 0 Å². The summed E-state index contributed by atoms with van der Waals surface area (Å²) in [6.07, 6.45) is 7.39. The normalized spacial score (nSPS) is 23.2. The number of rotatable bonds is 2. The Morgan fingerprint density at radius 3 is 2.40 bits per heavy atom. The molecule has 1 aliphatic heterocycles. The van der Waals surface area contributed by atoms with E-state index in [0.717, 1.165) is 18.8 Å². The first-order chi connectivity index (χ1) is 9.60. The van der Waals surface area contributed by atoms with E-state index in [1.165, 1.54) is 50.7 Å². The molecule has 0 radical (unpaired) electrons. The molecule has 20 heavy (non-hydrogen) atoms. The molecule has 1 heterocycles. The molecule has 0 aromatic heterocycles. The van der Waals surface area contributed by atoms with Gasteiger partial charge >= 0.3 is 0 Å². The lowest BCUT2D eigenvalue weighted by atomic mass is 9.77. The lowest BCUT2D eigenvalue weighted by Gasteiger charge is -2.41. The zero-order chi connectivity index (χ0) is 14.2. The molecule has 0 bridgehead atoms. The summed E-state index contributed by atoms with van der Waals surface area (Å²) in [6.45, 7) is 3.78. The summed E-state index contributed by atoms with van der Waals surface area (Å²) >= 11 is 0. The van der Waals surface area contributed by atoms with Gasteiger partial charge in [-0.25, -0.2) is 4.39 Å². The number of anilines is 1. The predicted molar refractivity (Wildman–Crippen MR) is 79.4 cm³/mol. The Morgan fingerprint density at radius 2 is 1.80 bits per heavy atom. The molecule has 1 unspecified atom stereocenters. The number of hydrogen-bond acceptors (Lipinski definition) is 2. The number of halogens is 1. The van der Waals surface area contributed by atoms with Crippen molar-refractivity contribution in [3.8, 4) is 0 Å². The van der Waals surface area contributed by atoms with Gasteiger partial charge < -0.3 is 10.0 Å². The van der Waals surface area contributed by atoms with Crippen LogP contribution in [0.4, 0.5) is 10.1 Å². The Bertz CT molecular complexity index is 470. The van der Waals surface area contributed by atoms with Crippen LogP contribution in [-0.2, 0) is 0 Å². The van der Waals surface area contributed by atoms with E-state index < -0.39 is 6.10 Å². The first-order valence-corrected chi connectivity index (χ1v) is 7.82. The average molecular weight is 277 g/mol. The van der Waals surface area contributed by atoms with E-state index in [-0.39, 0.29) is 5.82 Å². The quantitative estimate of drug-likeness (QED) is 0.882. The van der Waals surface area contributed by atoms with Gasteiger partial charge in [0.05, 0.1) is 6.10 Å². The molecule has 1 saturated heterocycles. The maximum Gasteiger partial charge on any atom is 0.123 e. The second kappa shape index (κ2) is 5.36. The van der Waals surface area contributed by atoms with Crippen LogP contribution in [0.15, 0.2) is 18.2 Å². The molecule has 110 valence electrons. The third-order valence-electron chi connectivity index (χ3n) is 5.27. The summed E-state index contributed by atoms with van der Waals surface area (Å²) in [6, 6.07) is 4.80. The van der Waals surface area contributed by atoms with Crippen LogP contribution in [0.25, 0.3) is 0 Å². The van der Waals surface area contributed by atoms with Gasteiger partial charge in [0.15, 0.2) is 0 Å². The number of benzene rings is 1. The van der Waals surface area contributed by atoms with Crippen LogP contribution in [0.3, 0.4) is 0 Å².